The van der Waals surface area contributed by atoms with Gasteiger partial charge in [-0.1, -0.05) is 6.92 Å². The molecule has 1 heterocycles. The molecule has 102 valence electrons. The molecule has 0 radical (unpaired) electrons. The number of hydrogen-bond acceptors (Lipinski definition) is 3. The van der Waals surface area contributed by atoms with Crippen molar-refractivity contribution in [1.29, 1.82) is 0 Å². The van der Waals surface area contributed by atoms with Crippen LogP contribution in [0.2, 0.25) is 0 Å². The molecule has 0 aliphatic heterocycles. The molecule has 1 aromatic heterocycles. The normalized spacial score (nSPS) is 11.6. The molecule has 1 unspecified atom stereocenters. The van der Waals surface area contributed by atoms with Crippen LogP contribution in [0.4, 0.5) is 5.69 Å². The van der Waals surface area contributed by atoms with Gasteiger partial charge in [0.1, 0.15) is 5.69 Å². The van der Waals surface area contributed by atoms with Crippen molar-refractivity contribution in [3.63, 3.8) is 0 Å². The first kappa shape index (κ1) is 14.8. The molecule has 19 heavy (non-hydrogen) atoms. The number of terminal acetylenes is 1. The van der Waals surface area contributed by atoms with Gasteiger partial charge in [0.15, 0.2) is 0 Å². The summed E-state index contributed by atoms with van der Waals surface area (Å²) in [5.41, 5.74) is 0.209. The number of nitrogens with zero attached hydrogens (tertiary/aromatic N) is 2. The van der Waals surface area contributed by atoms with Crippen LogP contribution in [0.25, 0.3) is 0 Å². The van der Waals surface area contributed by atoms with Crippen molar-refractivity contribution in [1.82, 2.24) is 9.88 Å². The number of rotatable bonds is 6. The number of amides is 1. The summed E-state index contributed by atoms with van der Waals surface area (Å²) in [5, 5.41) is 13.5. The minimum Gasteiger partial charge on any atom is -0.347 e. The molecular formula is C13H17N3O3. The van der Waals surface area contributed by atoms with E-state index >= 15 is 0 Å². The zero-order valence-corrected chi connectivity index (χ0v) is 11.0. The van der Waals surface area contributed by atoms with Gasteiger partial charge in [-0.15, -0.1) is 12.3 Å². The zero-order chi connectivity index (χ0) is 14.4. The van der Waals surface area contributed by atoms with E-state index < -0.39 is 4.92 Å². The van der Waals surface area contributed by atoms with Gasteiger partial charge in [-0.2, -0.15) is 0 Å². The Morgan fingerprint density at radius 2 is 2.37 bits per heavy atom. The summed E-state index contributed by atoms with van der Waals surface area (Å²) in [4.78, 5) is 22.3. The standard InChI is InChI=1S/C13H17N3O3/c1-4-6-10(3)14-13(17)12-8-11(16(18)19)9-15(12)7-5-2/h1,8-10H,5-7H2,2-3H3,(H,14,17). The first-order chi connectivity index (χ1) is 8.99. The first-order valence-corrected chi connectivity index (χ1v) is 6.08. The van der Waals surface area contributed by atoms with Gasteiger partial charge in [-0.05, 0) is 13.3 Å². The molecule has 1 atom stereocenters. The van der Waals surface area contributed by atoms with E-state index in [1.54, 1.807) is 11.5 Å². The van der Waals surface area contributed by atoms with Crippen LogP contribution in [0.1, 0.15) is 37.2 Å². The Balaban J connectivity index is 2.94. The van der Waals surface area contributed by atoms with Crippen LogP contribution in [0.5, 0.6) is 0 Å². The van der Waals surface area contributed by atoms with Gasteiger partial charge in [0.2, 0.25) is 0 Å². The van der Waals surface area contributed by atoms with Crippen LogP contribution < -0.4 is 5.32 Å². The highest BCUT2D eigenvalue weighted by Gasteiger charge is 2.19. The summed E-state index contributed by atoms with van der Waals surface area (Å²) in [6.45, 7) is 4.29. The van der Waals surface area contributed by atoms with Crippen molar-refractivity contribution in [3.05, 3.63) is 28.1 Å². The number of aryl methyl sites for hydroxylation is 1. The lowest BCUT2D eigenvalue weighted by atomic mass is 10.2. The number of carbonyl (C=O) groups is 1. The number of nitro groups is 1. The molecule has 1 amide bonds. The topological polar surface area (TPSA) is 77.2 Å². The lowest BCUT2D eigenvalue weighted by molar-refractivity contribution is -0.384. The second kappa shape index (κ2) is 6.59. The molecule has 0 aliphatic rings. The number of nitrogens with one attached hydrogen (secondary N) is 1. The highest BCUT2D eigenvalue weighted by molar-refractivity contribution is 5.93. The third kappa shape index (κ3) is 3.85. The Morgan fingerprint density at radius 1 is 1.68 bits per heavy atom. The van der Waals surface area contributed by atoms with Crippen LogP contribution in [-0.2, 0) is 6.54 Å². The van der Waals surface area contributed by atoms with E-state index in [2.05, 4.69) is 11.2 Å². The maximum absolute atomic E-state index is 12.0. The Kier molecular flexibility index (Phi) is 5.12. The fourth-order valence-electron chi connectivity index (χ4n) is 1.74. The first-order valence-electron chi connectivity index (χ1n) is 6.08. The Labute approximate surface area is 111 Å². The zero-order valence-electron chi connectivity index (χ0n) is 11.0. The van der Waals surface area contributed by atoms with E-state index in [9.17, 15) is 14.9 Å². The van der Waals surface area contributed by atoms with Gasteiger partial charge in [-0.25, -0.2) is 0 Å². The average molecular weight is 263 g/mol. The third-order valence-electron chi connectivity index (χ3n) is 2.59. The smallest absolute Gasteiger partial charge is 0.287 e. The highest BCUT2D eigenvalue weighted by Crippen LogP contribution is 2.17. The van der Waals surface area contributed by atoms with Crippen LogP contribution in [0.15, 0.2) is 12.3 Å². The van der Waals surface area contributed by atoms with E-state index in [0.29, 0.717) is 13.0 Å². The second-order valence-corrected chi connectivity index (χ2v) is 4.32. The molecule has 6 heteroatoms. The monoisotopic (exact) mass is 263 g/mol. The second-order valence-electron chi connectivity index (χ2n) is 4.32. The molecule has 0 saturated heterocycles. The third-order valence-corrected chi connectivity index (χ3v) is 2.59. The highest BCUT2D eigenvalue weighted by atomic mass is 16.6. The summed E-state index contributed by atoms with van der Waals surface area (Å²) in [6, 6.07) is 1.12. The van der Waals surface area contributed by atoms with Gasteiger partial charge in [0.05, 0.1) is 11.1 Å². The Bertz CT molecular complexity index is 514. The van der Waals surface area contributed by atoms with E-state index in [-0.39, 0.29) is 23.3 Å². The molecule has 1 aromatic rings. The van der Waals surface area contributed by atoms with Gasteiger partial charge >= 0.3 is 0 Å². The summed E-state index contributed by atoms with van der Waals surface area (Å²) >= 11 is 0. The van der Waals surface area contributed by atoms with Crippen molar-refractivity contribution < 1.29 is 9.72 Å². The molecule has 1 rings (SSSR count). The molecule has 0 aromatic carbocycles. The minimum absolute atomic E-state index is 0.0804. The van der Waals surface area contributed by atoms with Crippen LogP contribution >= 0.6 is 0 Å². The quantitative estimate of drug-likeness (QED) is 0.484. The molecule has 0 saturated carbocycles. The predicted molar refractivity (Wildman–Crippen MR) is 71.8 cm³/mol. The summed E-state index contributed by atoms with van der Waals surface area (Å²) in [5.74, 6) is 2.11. The summed E-state index contributed by atoms with van der Waals surface area (Å²) < 4.78 is 1.59. The maximum atomic E-state index is 12.0. The molecule has 1 N–H and O–H groups in total. The molecule has 0 bridgehead atoms. The maximum Gasteiger partial charge on any atom is 0.287 e. The van der Waals surface area contributed by atoms with Crippen molar-refractivity contribution in [2.24, 2.45) is 0 Å². The van der Waals surface area contributed by atoms with E-state index in [1.165, 1.54) is 12.3 Å². The lowest BCUT2D eigenvalue weighted by Gasteiger charge is -2.12. The Morgan fingerprint density at radius 3 is 2.89 bits per heavy atom. The van der Waals surface area contributed by atoms with Crippen molar-refractivity contribution in [2.45, 2.75) is 39.3 Å². The fraction of sp³-hybridized carbons (Fsp3) is 0.462. The molecule has 0 fully saturated rings. The molecule has 0 aliphatic carbocycles. The van der Waals surface area contributed by atoms with Gasteiger partial charge in [0, 0.05) is 25.1 Å². The SMILES string of the molecule is C#CCC(C)NC(=O)c1cc([N+](=O)[O-])cn1CCC. The fourth-order valence-corrected chi connectivity index (χ4v) is 1.74. The summed E-state index contributed by atoms with van der Waals surface area (Å²) in [7, 11) is 0. The Hall–Kier alpha value is -2.29. The van der Waals surface area contributed by atoms with Crippen molar-refractivity contribution in [3.8, 4) is 12.3 Å². The number of hydrogen-bond donors (Lipinski definition) is 1. The molecular weight excluding hydrogens is 246 g/mol. The van der Waals surface area contributed by atoms with Crippen molar-refractivity contribution >= 4 is 11.6 Å². The molecule has 6 nitrogen and oxygen atoms in total. The van der Waals surface area contributed by atoms with Crippen LogP contribution in [0, 0.1) is 22.5 Å². The van der Waals surface area contributed by atoms with Crippen LogP contribution in [0.3, 0.4) is 0 Å². The predicted octanol–water partition coefficient (Wildman–Crippen LogP) is 1.95. The average Bonchev–Trinajstić information content (AvgIpc) is 2.74. The van der Waals surface area contributed by atoms with E-state index in [0.717, 1.165) is 6.42 Å². The van der Waals surface area contributed by atoms with E-state index in [4.69, 9.17) is 6.42 Å². The van der Waals surface area contributed by atoms with Gasteiger partial charge in [-0.3, -0.25) is 14.9 Å². The van der Waals surface area contributed by atoms with Gasteiger partial charge in [0.25, 0.3) is 11.6 Å². The largest absolute Gasteiger partial charge is 0.347 e. The molecule has 0 spiro atoms. The lowest BCUT2D eigenvalue weighted by Crippen LogP contribution is -2.33. The minimum atomic E-state index is -0.506. The van der Waals surface area contributed by atoms with E-state index in [1.807, 2.05) is 6.92 Å². The van der Waals surface area contributed by atoms with Crippen molar-refractivity contribution in [2.75, 3.05) is 0 Å². The number of carbonyl (C=O) groups excluding carboxylic acids is 1. The van der Waals surface area contributed by atoms with Gasteiger partial charge < -0.3 is 9.88 Å². The summed E-state index contributed by atoms with van der Waals surface area (Å²) in [6.07, 6.45) is 7.75. The number of aromatic nitrogens is 1. The van der Waals surface area contributed by atoms with Crippen LogP contribution in [-0.4, -0.2) is 21.4 Å².